The van der Waals surface area contributed by atoms with Crippen LogP contribution >= 0.6 is 34.7 Å². The Balaban J connectivity index is 2.26. The van der Waals surface area contributed by atoms with Crippen molar-refractivity contribution < 1.29 is 14.7 Å². The second-order valence-corrected chi connectivity index (χ2v) is 6.57. The van der Waals surface area contributed by atoms with E-state index in [1.54, 1.807) is 25.1 Å². The van der Waals surface area contributed by atoms with Gasteiger partial charge in [-0.25, -0.2) is 4.79 Å². The average molecular weight is 342 g/mol. The van der Waals surface area contributed by atoms with E-state index in [0.717, 1.165) is 16.2 Å². The van der Waals surface area contributed by atoms with E-state index in [9.17, 15) is 9.59 Å². The Morgan fingerprint density at radius 3 is 2.62 bits per heavy atom. The predicted molar refractivity (Wildman–Crippen MR) is 87.2 cm³/mol. The minimum absolute atomic E-state index is 0.217. The molecule has 0 aliphatic heterocycles. The summed E-state index contributed by atoms with van der Waals surface area (Å²) < 4.78 is 0. The smallest absolute Gasteiger partial charge is 0.346 e. The molecule has 2 aromatic rings. The van der Waals surface area contributed by atoms with Gasteiger partial charge >= 0.3 is 5.97 Å². The molecular weight excluding hydrogens is 330 g/mol. The molecule has 0 spiro atoms. The summed E-state index contributed by atoms with van der Waals surface area (Å²) in [4.78, 5) is 24.4. The van der Waals surface area contributed by atoms with Gasteiger partial charge in [0, 0.05) is 4.90 Å². The van der Waals surface area contributed by atoms with Crippen molar-refractivity contribution in [3.8, 4) is 0 Å². The SMILES string of the molecule is CSc1ccc(Cl)c(C(=O)Nc2cc(C)c(C(=O)O)s2)c1. The molecule has 0 fully saturated rings. The molecule has 1 aromatic heterocycles. The van der Waals surface area contributed by atoms with Crippen LogP contribution in [0.15, 0.2) is 29.2 Å². The molecule has 0 saturated heterocycles. The molecule has 0 aliphatic rings. The largest absolute Gasteiger partial charge is 0.477 e. The molecule has 0 bridgehead atoms. The summed E-state index contributed by atoms with van der Waals surface area (Å²) in [6, 6.07) is 6.85. The van der Waals surface area contributed by atoms with Gasteiger partial charge in [0.1, 0.15) is 4.88 Å². The lowest BCUT2D eigenvalue weighted by Crippen LogP contribution is -2.11. The Hall–Kier alpha value is -1.50. The van der Waals surface area contributed by atoms with Crippen LogP contribution in [-0.4, -0.2) is 23.2 Å². The Bertz CT molecular complexity index is 712. The predicted octanol–water partition coefficient (Wildman–Crippen LogP) is 4.38. The van der Waals surface area contributed by atoms with Gasteiger partial charge in [0.25, 0.3) is 5.91 Å². The van der Waals surface area contributed by atoms with Gasteiger partial charge in [-0.1, -0.05) is 11.6 Å². The number of carboxylic acids is 1. The third-order valence-corrected chi connectivity index (χ3v) is 4.96. The van der Waals surface area contributed by atoms with E-state index >= 15 is 0 Å². The molecular formula is C14H12ClNO3S2. The normalized spacial score (nSPS) is 10.4. The number of hydrogen-bond acceptors (Lipinski definition) is 4. The van der Waals surface area contributed by atoms with Crippen molar-refractivity contribution >= 4 is 51.6 Å². The monoisotopic (exact) mass is 341 g/mol. The molecule has 0 unspecified atom stereocenters. The first-order valence-corrected chi connectivity index (χ1v) is 8.33. The molecule has 1 aromatic carbocycles. The highest BCUT2D eigenvalue weighted by Gasteiger charge is 2.16. The second-order valence-electron chi connectivity index (χ2n) is 4.23. The lowest BCUT2D eigenvalue weighted by molar-refractivity contribution is 0.0701. The number of halogens is 1. The van der Waals surface area contributed by atoms with Gasteiger partial charge in [0.05, 0.1) is 15.6 Å². The second kappa shape index (κ2) is 6.51. The fraction of sp³-hybridized carbons (Fsp3) is 0.143. The Kier molecular flexibility index (Phi) is 4.92. The number of aryl methyl sites for hydroxylation is 1. The molecule has 0 atom stereocenters. The van der Waals surface area contributed by atoms with Crippen LogP contribution in [0.2, 0.25) is 5.02 Å². The standard InChI is InChI=1S/C14H12ClNO3S2/c1-7-5-11(21-12(7)14(18)19)16-13(17)9-6-8(20-2)3-4-10(9)15/h3-6H,1-2H3,(H,16,17)(H,18,19). The van der Waals surface area contributed by atoms with Crippen molar-refractivity contribution in [2.24, 2.45) is 0 Å². The highest BCUT2D eigenvalue weighted by molar-refractivity contribution is 7.98. The number of thioether (sulfide) groups is 1. The number of rotatable bonds is 4. The van der Waals surface area contributed by atoms with E-state index in [-0.39, 0.29) is 10.8 Å². The van der Waals surface area contributed by atoms with Crippen LogP contribution in [0.4, 0.5) is 5.00 Å². The lowest BCUT2D eigenvalue weighted by Gasteiger charge is -2.06. The van der Waals surface area contributed by atoms with Crippen LogP contribution in [0.1, 0.15) is 25.6 Å². The number of carbonyl (C=O) groups is 2. The molecule has 21 heavy (non-hydrogen) atoms. The number of carboxylic acid groups (broad SMARTS) is 1. The maximum absolute atomic E-state index is 12.2. The van der Waals surface area contributed by atoms with Crippen molar-refractivity contribution in [1.29, 1.82) is 0 Å². The zero-order chi connectivity index (χ0) is 15.6. The Morgan fingerprint density at radius 2 is 2.05 bits per heavy atom. The van der Waals surface area contributed by atoms with Crippen LogP contribution in [0.5, 0.6) is 0 Å². The minimum atomic E-state index is -1.000. The van der Waals surface area contributed by atoms with Crippen LogP contribution < -0.4 is 5.32 Å². The van der Waals surface area contributed by atoms with E-state index in [4.69, 9.17) is 16.7 Å². The summed E-state index contributed by atoms with van der Waals surface area (Å²) in [5.41, 5.74) is 0.984. The molecule has 2 N–H and O–H groups in total. The van der Waals surface area contributed by atoms with Crippen molar-refractivity contribution in [2.75, 3.05) is 11.6 Å². The summed E-state index contributed by atoms with van der Waals surface area (Å²) in [6.45, 7) is 1.69. The summed E-state index contributed by atoms with van der Waals surface area (Å²) in [5, 5.41) is 12.6. The molecule has 1 heterocycles. The topological polar surface area (TPSA) is 66.4 Å². The van der Waals surface area contributed by atoms with E-state index in [2.05, 4.69) is 5.32 Å². The maximum atomic E-state index is 12.2. The van der Waals surface area contributed by atoms with E-state index in [0.29, 0.717) is 21.2 Å². The fourth-order valence-corrected chi connectivity index (χ4v) is 3.29. The lowest BCUT2D eigenvalue weighted by atomic mass is 10.2. The van der Waals surface area contributed by atoms with Crippen LogP contribution in [0, 0.1) is 6.92 Å². The van der Waals surface area contributed by atoms with Crippen molar-refractivity contribution in [1.82, 2.24) is 0 Å². The van der Waals surface area contributed by atoms with Gasteiger partial charge in [0.15, 0.2) is 0 Å². The van der Waals surface area contributed by atoms with Gasteiger partial charge in [-0.3, -0.25) is 4.79 Å². The Morgan fingerprint density at radius 1 is 1.33 bits per heavy atom. The van der Waals surface area contributed by atoms with Crippen LogP contribution in [-0.2, 0) is 0 Å². The summed E-state index contributed by atoms with van der Waals surface area (Å²) >= 11 is 8.58. The molecule has 7 heteroatoms. The molecule has 0 radical (unpaired) electrons. The number of aromatic carboxylic acids is 1. The van der Waals surface area contributed by atoms with Crippen LogP contribution in [0.25, 0.3) is 0 Å². The molecule has 110 valence electrons. The molecule has 4 nitrogen and oxygen atoms in total. The number of carbonyl (C=O) groups excluding carboxylic acids is 1. The number of amides is 1. The van der Waals surface area contributed by atoms with E-state index in [1.165, 1.54) is 11.8 Å². The van der Waals surface area contributed by atoms with Gasteiger partial charge in [-0.05, 0) is 43.0 Å². The van der Waals surface area contributed by atoms with Crippen LogP contribution in [0.3, 0.4) is 0 Å². The first kappa shape index (κ1) is 15.9. The van der Waals surface area contributed by atoms with Crippen molar-refractivity contribution in [3.63, 3.8) is 0 Å². The summed E-state index contributed by atoms with van der Waals surface area (Å²) in [5.74, 6) is -1.35. The number of hydrogen-bond donors (Lipinski definition) is 2. The number of thiophene rings is 1. The highest BCUT2D eigenvalue weighted by atomic mass is 35.5. The van der Waals surface area contributed by atoms with Gasteiger partial charge < -0.3 is 10.4 Å². The molecule has 2 rings (SSSR count). The number of nitrogens with one attached hydrogen (secondary N) is 1. The molecule has 1 amide bonds. The van der Waals surface area contributed by atoms with E-state index in [1.807, 2.05) is 12.3 Å². The van der Waals surface area contributed by atoms with Gasteiger partial charge in [-0.15, -0.1) is 23.1 Å². The molecule has 0 saturated carbocycles. The number of benzene rings is 1. The zero-order valence-corrected chi connectivity index (χ0v) is 13.7. The maximum Gasteiger partial charge on any atom is 0.346 e. The van der Waals surface area contributed by atoms with E-state index < -0.39 is 5.97 Å². The highest BCUT2D eigenvalue weighted by Crippen LogP contribution is 2.28. The first-order chi connectivity index (χ1) is 9.92. The number of anilines is 1. The quantitative estimate of drug-likeness (QED) is 0.810. The fourth-order valence-electron chi connectivity index (χ4n) is 1.74. The zero-order valence-electron chi connectivity index (χ0n) is 11.3. The van der Waals surface area contributed by atoms with Gasteiger partial charge in [0.2, 0.25) is 0 Å². The van der Waals surface area contributed by atoms with Crippen molar-refractivity contribution in [3.05, 3.63) is 45.3 Å². The summed E-state index contributed by atoms with van der Waals surface area (Å²) in [6.07, 6.45) is 1.91. The molecule has 0 aliphatic carbocycles. The third kappa shape index (κ3) is 3.58. The average Bonchev–Trinajstić information content (AvgIpc) is 2.80. The van der Waals surface area contributed by atoms with Gasteiger partial charge in [-0.2, -0.15) is 0 Å². The first-order valence-electron chi connectivity index (χ1n) is 5.91. The minimum Gasteiger partial charge on any atom is -0.477 e. The third-order valence-electron chi connectivity index (χ3n) is 2.77. The summed E-state index contributed by atoms with van der Waals surface area (Å²) in [7, 11) is 0. The Labute approximate surface area is 135 Å². The van der Waals surface area contributed by atoms with Crippen molar-refractivity contribution in [2.45, 2.75) is 11.8 Å².